The summed E-state index contributed by atoms with van der Waals surface area (Å²) < 4.78 is 0. The minimum Gasteiger partial charge on any atom is -0.339 e. The second-order valence-corrected chi connectivity index (χ2v) is 6.82. The van der Waals surface area contributed by atoms with Gasteiger partial charge in [-0.3, -0.25) is 9.59 Å². The topological polar surface area (TPSA) is 66.1 Å². The Balaban J connectivity index is 1.76. The summed E-state index contributed by atoms with van der Waals surface area (Å²) in [5, 5.41) is 0. The Morgan fingerprint density at radius 1 is 1.24 bits per heavy atom. The molecule has 0 spiro atoms. The van der Waals surface area contributed by atoms with E-state index in [2.05, 4.69) is 22.1 Å². The van der Waals surface area contributed by atoms with Gasteiger partial charge in [-0.15, -0.1) is 0 Å². The maximum Gasteiger partial charge on any atom is 0.254 e. The highest BCUT2D eigenvalue weighted by Gasteiger charge is 2.27. The standard InChI is InChI=1S/C20H25N3O2/c1-14-18(20(25)22-15(2)21-14)13-19(24)23-11-7-6-10-17(23)12-16-8-4-3-5-9-16/h3-5,8-9,17H,6-7,10-13H2,1-2H3,(H,21,22,25)/t17-/m1/s1. The minimum atomic E-state index is -0.199. The van der Waals surface area contributed by atoms with E-state index in [1.54, 1.807) is 13.8 Å². The minimum absolute atomic E-state index is 0.0277. The second kappa shape index (κ2) is 7.64. The van der Waals surface area contributed by atoms with Gasteiger partial charge < -0.3 is 9.88 Å². The average Bonchev–Trinajstić information content (AvgIpc) is 2.59. The summed E-state index contributed by atoms with van der Waals surface area (Å²) in [6.07, 6.45) is 4.18. The molecule has 0 radical (unpaired) electrons. The molecule has 132 valence electrons. The molecule has 2 aromatic rings. The molecule has 1 N–H and O–H groups in total. The first-order chi connectivity index (χ1) is 12.0. The Labute approximate surface area is 148 Å². The Hall–Kier alpha value is -2.43. The van der Waals surface area contributed by atoms with Gasteiger partial charge in [0.2, 0.25) is 5.91 Å². The predicted molar refractivity (Wildman–Crippen MR) is 97.5 cm³/mol. The summed E-state index contributed by atoms with van der Waals surface area (Å²) in [6.45, 7) is 4.32. The van der Waals surface area contributed by atoms with Crippen LogP contribution in [0.1, 0.15) is 41.9 Å². The maximum atomic E-state index is 12.9. The molecule has 1 aliphatic rings. The Morgan fingerprint density at radius 2 is 2.00 bits per heavy atom. The zero-order valence-electron chi connectivity index (χ0n) is 14.9. The van der Waals surface area contributed by atoms with Crippen LogP contribution in [0.5, 0.6) is 0 Å². The van der Waals surface area contributed by atoms with Crippen molar-refractivity contribution < 1.29 is 4.79 Å². The van der Waals surface area contributed by atoms with E-state index in [0.717, 1.165) is 32.2 Å². The maximum absolute atomic E-state index is 12.9. The van der Waals surface area contributed by atoms with Crippen LogP contribution in [-0.2, 0) is 17.6 Å². The fourth-order valence-electron chi connectivity index (χ4n) is 3.64. The van der Waals surface area contributed by atoms with E-state index in [0.29, 0.717) is 17.1 Å². The Morgan fingerprint density at radius 3 is 2.72 bits per heavy atom. The van der Waals surface area contributed by atoms with Gasteiger partial charge in [0.15, 0.2) is 0 Å². The number of aromatic nitrogens is 2. The number of likely N-dealkylation sites (tertiary alicyclic amines) is 1. The molecule has 1 atom stereocenters. The van der Waals surface area contributed by atoms with Crippen LogP contribution in [-0.4, -0.2) is 33.4 Å². The normalized spacial score (nSPS) is 17.5. The number of carbonyl (C=O) groups is 1. The molecule has 0 unspecified atom stereocenters. The van der Waals surface area contributed by atoms with Crippen LogP contribution < -0.4 is 5.56 Å². The van der Waals surface area contributed by atoms with Gasteiger partial charge >= 0.3 is 0 Å². The molecule has 1 amide bonds. The van der Waals surface area contributed by atoms with Gasteiger partial charge in [0.25, 0.3) is 5.56 Å². The van der Waals surface area contributed by atoms with E-state index in [4.69, 9.17) is 0 Å². The first kappa shape index (κ1) is 17.4. The quantitative estimate of drug-likeness (QED) is 0.931. The summed E-state index contributed by atoms with van der Waals surface area (Å²) in [4.78, 5) is 34.1. The largest absolute Gasteiger partial charge is 0.339 e. The number of hydrogen-bond acceptors (Lipinski definition) is 3. The number of amides is 1. The van der Waals surface area contributed by atoms with Crippen molar-refractivity contribution in [3.8, 4) is 0 Å². The highest BCUT2D eigenvalue weighted by molar-refractivity contribution is 5.79. The highest BCUT2D eigenvalue weighted by Crippen LogP contribution is 2.21. The van der Waals surface area contributed by atoms with Gasteiger partial charge in [0.1, 0.15) is 5.82 Å². The number of nitrogens with zero attached hydrogens (tertiary/aromatic N) is 2. The first-order valence-electron chi connectivity index (χ1n) is 8.94. The smallest absolute Gasteiger partial charge is 0.254 e. The number of hydrogen-bond donors (Lipinski definition) is 1. The van der Waals surface area contributed by atoms with Crippen LogP contribution in [0.2, 0.25) is 0 Å². The predicted octanol–water partition coefficient (Wildman–Crippen LogP) is 2.55. The molecule has 2 heterocycles. The summed E-state index contributed by atoms with van der Waals surface area (Å²) in [7, 11) is 0. The summed E-state index contributed by atoms with van der Waals surface area (Å²) in [5.41, 5.74) is 2.18. The number of H-pyrrole nitrogens is 1. The third-order valence-electron chi connectivity index (χ3n) is 4.93. The van der Waals surface area contributed by atoms with Gasteiger partial charge in [-0.2, -0.15) is 0 Å². The molecule has 1 aromatic heterocycles. The second-order valence-electron chi connectivity index (χ2n) is 6.82. The Bertz CT molecular complexity index is 798. The lowest BCUT2D eigenvalue weighted by Gasteiger charge is -2.36. The van der Waals surface area contributed by atoms with Crippen molar-refractivity contribution in [2.24, 2.45) is 0 Å². The van der Waals surface area contributed by atoms with E-state index >= 15 is 0 Å². The molecule has 0 aliphatic carbocycles. The number of aryl methyl sites for hydroxylation is 2. The van der Waals surface area contributed by atoms with Gasteiger partial charge in [0.05, 0.1) is 6.42 Å². The van der Waals surface area contributed by atoms with Crippen LogP contribution in [0.4, 0.5) is 0 Å². The molecule has 1 fully saturated rings. The molecule has 0 saturated carbocycles. The van der Waals surface area contributed by atoms with Crippen molar-refractivity contribution in [3.63, 3.8) is 0 Å². The van der Waals surface area contributed by atoms with Crippen molar-refractivity contribution >= 4 is 5.91 Å². The van der Waals surface area contributed by atoms with Crippen LogP contribution in [0.25, 0.3) is 0 Å². The number of carbonyl (C=O) groups excluding carboxylic acids is 1. The molecule has 1 saturated heterocycles. The SMILES string of the molecule is Cc1nc(C)c(CC(=O)N2CCCC[C@@H]2Cc2ccccc2)c(=O)[nH]1. The number of rotatable bonds is 4. The van der Waals surface area contributed by atoms with E-state index in [9.17, 15) is 9.59 Å². The monoisotopic (exact) mass is 339 g/mol. The third-order valence-corrected chi connectivity index (χ3v) is 4.93. The molecule has 5 nitrogen and oxygen atoms in total. The van der Waals surface area contributed by atoms with Gasteiger partial charge in [0, 0.05) is 23.8 Å². The van der Waals surface area contributed by atoms with E-state index in [1.165, 1.54) is 5.56 Å². The van der Waals surface area contributed by atoms with Crippen molar-refractivity contribution in [2.75, 3.05) is 6.54 Å². The molecule has 1 aromatic carbocycles. The van der Waals surface area contributed by atoms with Crippen LogP contribution in [0.15, 0.2) is 35.1 Å². The lowest BCUT2D eigenvalue weighted by Crippen LogP contribution is -2.46. The lowest BCUT2D eigenvalue weighted by atomic mass is 9.95. The number of aromatic amines is 1. The van der Waals surface area contributed by atoms with Crippen molar-refractivity contribution in [1.82, 2.24) is 14.9 Å². The molecule has 25 heavy (non-hydrogen) atoms. The van der Waals surface area contributed by atoms with E-state index in [1.807, 2.05) is 23.1 Å². The third kappa shape index (κ3) is 4.16. The summed E-state index contributed by atoms with van der Waals surface area (Å²) >= 11 is 0. The average molecular weight is 339 g/mol. The molecule has 3 rings (SSSR count). The van der Waals surface area contributed by atoms with Gasteiger partial charge in [-0.1, -0.05) is 30.3 Å². The number of piperidine rings is 1. The molecule has 0 bridgehead atoms. The molecular formula is C20H25N3O2. The molecule has 1 aliphatic heterocycles. The molecule has 5 heteroatoms. The van der Waals surface area contributed by atoms with Crippen LogP contribution in [0, 0.1) is 13.8 Å². The summed E-state index contributed by atoms with van der Waals surface area (Å²) in [6, 6.07) is 10.5. The van der Waals surface area contributed by atoms with Crippen molar-refractivity contribution in [1.29, 1.82) is 0 Å². The summed E-state index contributed by atoms with van der Waals surface area (Å²) in [5.74, 6) is 0.610. The fraction of sp³-hybridized carbons (Fsp3) is 0.450. The fourth-order valence-corrected chi connectivity index (χ4v) is 3.64. The van der Waals surface area contributed by atoms with Gasteiger partial charge in [-0.05, 0) is 45.1 Å². The Kier molecular flexibility index (Phi) is 5.31. The van der Waals surface area contributed by atoms with Crippen LogP contribution >= 0.6 is 0 Å². The first-order valence-corrected chi connectivity index (χ1v) is 8.94. The van der Waals surface area contributed by atoms with Crippen molar-refractivity contribution in [2.45, 2.75) is 52.0 Å². The molecular weight excluding hydrogens is 314 g/mol. The number of nitrogens with one attached hydrogen (secondary N) is 1. The lowest BCUT2D eigenvalue weighted by molar-refractivity contribution is -0.134. The van der Waals surface area contributed by atoms with Crippen LogP contribution in [0.3, 0.4) is 0 Å². The van der Waals surface area contributed by atoms with Crippen molar-refractivity contribution in [3.05, 3.63) is 63.3 Å². The van der Waals surface area contributed by atoms with E-state index < -0.39 is 0 Å². The highest BCUT2D eigenvalue weighted by atomic mass is 16.2. The van der Waals surface area contributed by atoms with E-state index in [-0.39, 0.29) is 23.9 Å². The zero-order valence-corrected chi connectivity index (χ0v) is 14.9. The number of benzene rings is 1. The zero-order chi connectivity index (χ0) is 17.8. The van der Waals surface area contributed by atoms with Gasteiger partial charge in [-0.25, -0.2) is 4.98 Å².